The lowest BCUT2D eigenvalue weighted by molar-refractivity contribution is -0.422. The third-order valence-corrected chi connectivity index (χ3v) is 2.92. The Kier molecular flexibility index (Phi) is 2.66. The zero-order chi connectivity index (χ0) is 12.6. The fourth-order valence-corrected chi connectivity index (χ4v) is 2.08. The maximum Gasteiger partial charge on any atom is 0.348 e. The molecule has 1 heterocycles. The Hall–Kier alpha value is -2.18. The van der Waals surface area contributed by atoms with Gasteiger partial charge in [-0.1, -0.05) is 0 Å². The Morgan fingerprint density at radius 3 is 2.35 bits per heavy atom. The van der Waals surface area contributed by atoms with Gasteiger partial charge in [-0.2, -0.15) is 0 Å². The molecule has 7 nitrogen and oxygen atoms in total. The van der Waals surface area contributed by atoms with Crippen molar-refractivity contribution >= 4 is 17.1 Å². The first-order chi connectivity index (χ1) is 8.00. The van der Waals surface area contributed by atoms with E-state index in [1.165, 1.54) is 12.1 Å². The average Bonchev–Trinajstić information content (AvgIpc) is 2.27. The number of anilines is 1. The summed E-state index contributed by atoms with van der Waals surface area (Å²) in [5, 5.41) is 21.6. The van der Waals surface area contributed by atoms with Crippen molar-refractivity contribution in [3.05, 3.63) is 37.9 Å². The molecule has 0 aliphatic carbocycles. The van der Waals surface area contributed by atoms with E-state index >= 15 is 0 Å². The van der Waals surface area contributed by atoms with Gasteiger partial charge in [-0.15, -0.1) is 0 Å². The Balaban J connectivity index is 2.63. The van der Waals surface area contributed by atoms with E-state index in [1.807, 2.05) is 11.9 Å². The van der Waals surface area contributed by atoms with Gasteiger partial charge in [0.2, 0.25) is 0 Å². The lowest BCUT2D eigenvalue weighted by Crippen LogP contribution is -2.24. The number of hydrogen-bond donors (Lipinski definition) is 0. The molecular formula is C10H11N3O4. The second kappa shape index (κ2) is 4.00. The predicted octanol–water partition coefficient (Wildman–Crippen LogP) is 1.89. The van der Waals surface area contributed by atoms with Crippen LogP contribution >= 0.6 is 0 Å². The van der Waals surface area contributed by atoms with Gasteiger partial charge in [0.05, 0.1) is 9.85 Å². The zero-order valence-electron chi connectivity index (χ0n) is 9.25. The molecule has 1 aromatic rings. The van der Waals surface area contributed by atoms with Crippen LogP contribution in [0.3, 0.4) is 0 Å². The van der Waals surface area contributed by atoms with Crippen LogP contribution in [0.5, 0.6) is 0 Å². The van der Waals surface area contributed by atoms with Crippen molar-refractivity contribution in [2.24, 2.45) is 0 Å². The van der Waals surface area contributed by atoms with Crippen LogP contribution in [0.4, 0.5) is 17.1 Å². The normalized spacial score (nSPS) is 14.3. The quantitative estimate of drug-likeness (QED) is 0.578. The molecule has 0 atom stereocenters. The van der Waals surface area contributed by atoms with Crippen LogP contribution in [-0.4, -0.2) is 23.4 Å². The van der Waals surface area contributed by atoms with E-state index in [9.17, 15) is 20.2 Å². The van der Waals surface area contributed by atoms with Crippen LogP contribution in [0.1, 0.15) is 12.0 Å². The van der Waals surface area contributed by atoms with Crippen LogP contribution in [0, 0.1) is 20.2 Å². The molecule has 0 saturated heterocycles. The van der Waals surface area contributed by atoms with Crippen LogP contribution < -0.4 is 4.90 Å². The first-order valence-electron chi connectivity index (χ1n) is 5.17. The van der Waals surface area contributed by atoms with E-state index in [4.69, 9.17) is 0 Å². The molecule has 0 N–H and O–H groups in total. The minimum atomic E-state index is -0.707. The van der Waals surface area contributed by atoms with Crippen LogP contribution in [0.2, 0.25) is 0 Å². The SMILES string of the molecule is CN1CCCc2cc([N+](=O)[O-])c([N+](=O)[O-])cc21. The summed E-state index contributed by atoms with van der Waals surface area (Å²) in [7, 11) is 1.83. The molecule has 0 radical (unpaired) electrons. The fraction of sp³-hybridized carbons (Fsp3) is 0.400. The number of hydrogen-bond acceptors (Lipinski definition) is 5. The van der Waals surface area contributed by atoms with E-state index in [1.54, 1.807) is 0 Å². The second-order valence-electron chi connectivity index (χ2n) is 4.01. The number of nitrogens with zero attached hydrogens (tertiary/aromatic N) is 3. The molecule has 0 spiro atoms. The maximum atomic E-state index is 10.8. The van der Waals surface area contributed by atoms with Crippen molar-refractivity contribution in [3.63, 3.8) is 0 Å². The van der Waals surface area contributed by atoms with Crippen LogP contribution in [-0.2, 0) is 6.42 Å². The van der Waals surface area contributed by atoms with Gasteiger partial charge < -0.3 is 4.90 Å². The number of rotatable bonds is 2. The van der Waals surface area contributed by atoms with Crippen molar-refractivity contribution in [2.45, 2.75) is 12.8 Å². The molecule has 0 fully saturated rings. The van der Waals surface area contributed by atoms with E-state index < -0.39 is 21.2 Å². The molecule has 0 saturated carbocycles. The summed E-state index contributed by atoms with van der Waals surface area (Å²) >= 11 is 0. The summed E-state index contributed by atoms with van der Waals surface area (Å²) < 4.78 is 0. The molecule has 2 rings (SSSR count). The molecule has 0 unspecified atom stereocenters. The first-order valence-corrected chi connectivity index (χ1v) is 5.17. The smallest absolute Gasteiger partial charge is 0.348 e. The lowest BCUT2D eigenvalue weighted by Gasteiger charge is -2.26. The number of fused-ring (bicyclic) bond motifs is 1. The van der Waals surface area contributed by atoms with Gasteiger partial charge in [0.25, 0.3) is 0 Å². The van der Waals surface area contributed by atoms with Crippen LogP contribution in [0.25, 0.3) is 0 Å². The highest BCUT2D eigenvalue weighted by Crippen LogP contribution is 2.36. The molecule has 0 aromatic heterocycles. The first kappa shape index (κ1) is 11.3. The highest BCUT2D eigenvalue weighted by Gasteiger charge is 2.28. The lowest BCUT2D eigenvalue weighted by atomic mass is 10.0. The fourth-order valence-electron chi connectivity index (χ4n) is 2.08. The summed E-state index contributed by atoms with van der Waals surface area (Å²) in [4.78, 5) is 22.1. The van der Waals surface area contributed by atoms with Crippen molar-refractivity contribution in [3.8, 4) is 0 Å². The Labute approximate surface area is 97.0 Å². The molecular weight excluding hydrogens is 226 g/mol. The monoisotopic (exact) mass is 237 g/mol. The van der Waals surface area contributed by atoms with Crippen molar-refractivity contribution < 1.29 is 9.85 Å². The molecule has 17 heavy (non-hydrogen) atoms. The zero-order valence-corrected chi connectivity index (χ0v) is 9.25. The summed E-state index contributed by atoms with van der Waals surface area (Å²) in [6, 6.07) is 2.62. The second-order valence-corrected chi connectivity index (χ2v) is 4.01. The Morgan fingerprint density at radius 1 is 1.18 bits per heavy atom. The van der Waals surface area contributed by atoms with E-state index in [-0.39, 0.29) is 0 Å². The standard InChI is InChI=1S/C10H11N3O4/c1-11-4-2-3-7-5-9(12(14)15)10(13(16)17)6-8(7)11/h5-6H,2-4H2,1H3. The molecule has 90 valence electrons. The Bertz CT molecular complexity index is 501. The number of benzene rings is 1. The summed E-state index contributed by atoms with van der Waals surface area (Å²) in [6.07, 6.45) is 1.62. The van der Waals surface area contributed by atoms with Gasteiger partial charge in [-0.05, 0) is 18.4 Å². The minimum Gasteiger partial charge on any atom is -0.374 e. The molecule has 1 aliphatic heterocycles. The van der Waals surface area contributed by atoms with Crippen molar-refractivity contribution in [2.75, 3.05) is 18.5 Å². The molecule has 1 aliphatic rings. The van der Waals surface area contributed by atoms with E-state index in [0.29, 0.717) is 5.69 Å². The summed E-state index contributed by atoms with van der Waals surface area (Å²) in [5.41, 5.74) is 0.649. The van der Waals surface area contributed by atoms with E-state index in [0.717, 1.165) is 24.9 Å². The van der Waals surface area contributed by atoms with Gasteiger partial charge in [0, 0.05) is 31.4 Å². The number of aryl methyl sites for hydroxylation is 1. The largest absolute Gasteiger partial charge is 0.374 e. The summed E-state index contributed by atoms with van der Waals surface area (Å²) in [6.45, 7) is 0.808. The predicted molar refractivity (Wildman–Crippen MR) is 61.3 cm³/mol. The van der Waals surface area contributed by atoms with Crippen molar-refractivity contribution in [1.29, 1.82) is 0 Å². The van der Waals surface area contributed by atoms with Gasteiger partial charge in [0.1, 0.15) is 0 Å². The van der Waals surface area contributed by atoms with Crippen molar-refractivity contribution in [1.82, 2.24) is 0 Å². The highest BCUT2D eigenvalue weighted by molar-refractivity contribution is 5.68. The maximum absolute atomic E-state index is 10.8. The average molecular weight is 237 g/mol. The van der Waals surface area contributed by atoms with Gasteiger partial charge in [-0.3, -0.25) is 20.2 Å². The Morgan fingerprint density at radius 2 is 1.76 bits per heavy atom. The van der Waals surface area contributed by atoms with Gasteiger partial charge in [0.15, 0.2) is 0 Å². The number of nitro benzene ring substituents is 2. The number of nitro groups is 2. The molecule has 7 heteroatoms. The highest BCUT2D eigenvalue weighted by atomic mass is 16.6. The molecule has 1 aromatic carbocycles. The third kappa shape index (κ3) is 1.91. The topological polar surface area (TPSA) is 89.5 Å². The van der Waals surface area contributed by atoms with Gasteiger partial charge >= 0.3 is 11.4 Å². The van der Waals surface area contributed by atoms with Gasteiger partial charge in [-0.25, -0.2) is 0 Å². The molecule has 0 amide bonds. The minimum absolute atomic E-state index is 0.427. The van der Waals surface area contributed by atoms with Crippen LogP contribution in [0.15, 0.2) is 12.1 Å². The summed E-state index contributed by atoms with van der Waals surface area (Å²) in [5.74, 6) is 0. The van der Waals surface area contributed by atoms with E-state index in [2.05, 4.69) is 0 Å². The third-order valence-electron chi connectivity index (χ3n) is 2.92. The molecule has 0 bridgehead atoms.